The van der Waals surface area contributed by atoms with E-state index >= 15 is 0 Å². The predicted molar refractivity (Wildman–Crippen MR) is 61.5 cm³/mol. The number of morpholine rings is 1. The minimum absolute atomic E-state index is 0.0572. The molecule has 1 saturated heterocycles. The third kappa shape index (κ3) is 3.07. The second kappa shape index (κ2) is 4.81. The maximum Gasteiger partial charge on any atom is 0.209 e. The lowest BCUT2D eigenvalue weighted by molar-refractivity contribution is -0.0168. The molecule has 5 heteroatoms. The first kappa shape index (κ1) is 12.3. The van der Waals surface area contributed by atoms with Crippen molar-refractivity contribution in [2.24, 2.45) is 10.8 Å². The van der Waals surface area contributed by atoms with Crippen LogP contribution < -0.4 is 11.3 Å². The Bertz CT molecular complexity index is 238. The lowest BCUT2D eigenvalue weighted by Gasteiger charge is -2.43. The number of aliphatic imine (C=N–C) groups is 1. The third-order valence-corrected chi connectivity index (χ3v) is 2.41. The molecule has 1 aliphatic rings. The zero-order valence-electron chi connectivity index (χ0n) is 10.1. The summed E-state index contributed by atoms with van der Waals surface area (Å²) in [5.41, 5.74) is 2.62. The van der Waals surface area contributed by atoms with Gasteiger partial charge in [-0.05, 0) is 27.7 Å². The Hall–Kier alpha value is -0.810. The van der Waals surface area contributed by atoms with Gasteiger partial charge < -0.3 is 9.64 Å². The predicted octanol–water partition coefficient (Wildman–Crippen LogP) is 0.325. The second-order valence-corrected chi connectivity index (χ2v) is 4.71. The molecule has 1 rings (SSSR count). The van der Waals surface area contributed by atoms with Gasteiger partial charge in [0.1, 0.15) is 0 Å². The normalized spacial score (nSPS) is 22.0. The molecule has 1 fully saturated rings. The maximum absolute atomic E-state index is 5.51. The molecule has 0 saturated carbocycles. The van der Waals surface area contributed by atoms with Gasteiger partial charge in [0.05, 0.1) is 18.8 Å². The molecule has 3 N–H and O–H groups in total. The van der Waals surface area contributed by atoms with Crippen molar-refractivity contribution in [3.63, 3.8) is 0 Å². The highest BCUT2D eigenvalue weighted by Crippen LogP contribution is 2.18. The molecular formula is C10H22N4O. The quantitative estimate of drug-likeness (QED) is 0.286. The molecular weight excluding hydrogens is 192 g/mol. The summed E-state index contributed by atoms with van der Waals surface area (Å²) in [6.45, 7) is 10.6. The summed E-state index contributed by atoms with van der Waals surface area (Å²) in [6.07, 6.45) is 0. The Labute approximate surface area is 91.6 Å². The van der Waals surface area contributed by atoms with Crippen molar-refractivity contribution in [3.05, 3.63) is 0 Å². The molecule has 0 unspecified atom stereocenters. The highest BCUT2D eigenvalue weighted by atomic mass is 16.5. The van der Waals surface area contributed by atoms with Gasteiger partial charge in [0.25, 0.3) is 0 Å². The van der Waals surface area contributed by atoms with Crippen LogP contribution in [0.3, 0.4) is 0 Å². The number of rotatable bonds is 1. The standard InChI is InChI=1S/C10H22N4O/c1-8(2)12-9(13-11)14-5-6-15-7-10(14,3)4/h8H,5-7,11H2,1-4H3,(H,12,13). The topological polar surface area (TPSA) is 62.9 Å². The Morgan fingerprint density at radius 3 is 2.67 bits per heavy atom. The van der Waals surface area contributed by atoms with Gasteiger partial charge in [-0.2, -0.15) is 0 Å². The number of nitrogens with two attached hydrogens (primary N) is 1. The summed E-state index contributed by atoms with van der Waals surface area (Å²) >= 11 is 0. The number of guanidine groups is 1. The van der Waals surface area contributed by atoms with Crippen molar-refractivity contribution >= 4 is 5.96 Å². The van der Waals surface area contributed by atoms with Gasteiger partial charge in [0, 0.05) is 12.6 Å². The summed E-state index contributed by atoms with van der Waals surface area (Å²) in [5.74, 6) is 6.26. The number of nitrogens with zero attached hydrogens (tertiary/aromatic N) is 2. The number of nitrogens with one attached hydrogen (secondary N) is 1. The van der Waals surface area contributed by atoms with Crippen molar-refractivity contribution in [1.82, 2.24) is 10.3 Å². The fourth-order valence-electron chi connectivity index (χ4n) is 1.68. The lowest BCUT2D eigenvalue weighted by atomic mass is 10.0. The molecule has 1 heterocycles. The molecule has 15 heavy (non-hydrogen) atoms. The largest absolute Gasteiger partial charge is 0.377 e. The molecule has 0 bridgehead atoms. The van der Waals surface area contributed by atoms with Crippen LogP contribution in [0.1, 0.15) is 27.7 Å². The average molecular weight is 214 g/mol. The van der Waals surface area contributed by atoms with E-state index in [2.05, 4.69) is 29.2 Å². The van der Waals surface area contributed by atoms with E-state index < -0.39 is 0 Å². The van der Waals surface area contributed by atoms with Crippen LogP contribution in [-0.4, -0.2) is 42.2 Å². The molecule has 0 aromatic rings. The second-order valence-electron chi connectivity index (χ2n) is 4.71. The van der Waals surface area contributed by atoms with Gasteiger partial charge in [0.15, 0.2) is 0 Å². The van der Waals surface area contributed by atoms with E-state index in [0.29, 0.717) is 6.61 Å². The van der Waals surface area contributed by atoms with Crippen molar-refractivity contribution < 1.29 is 4.74 Å². The molecule has 0 atom stereocenters. The smallest absolute Gasteiger partial charge is 0.209 e. The first-order chi connectivity index (χ1) is 6.97. The molecule has 0 aliphatic carbocycles. The van der Waals surface area contributed by atoms with E-state index in [0.717, 1.165) is 19.1 Å². The van der Waals surface area contributed by atoms with Gasteiger partial charge in [-0.25, -0.2) is 10.8 Å². The number of ether oxygens (including phenoxy) is 1. The Morgan fingerprint density at radius 1 is 1.53 bits per heavy atom. The van der Waals surface area contributed by atoms with Crippen LogP contribution in [0.5, 0.6) is 0 Å². The van der Waals surface area contributed by atoms with Crippen LogP contribution in [-0.2, 0) is 4.74 Å². The molecule has 1 aliphatic heterocycles. The van der Waals surface area contributed by atoms with E-state index in [1.165, 1.54) is 0 Å². The minimum Gasteiger partial charge on any atom is -0.377 e. The molecule has 0 radical (unpaired) electrons. The van der Waals surface area contributed by atoms with Crippen molar-refractivity contribution in [2.75, 3.05) is 19.8 Å². The van der Waals surface area contributed by atoms with E-state index in [4.69, 9.17) is 10.6 Å². The van der Waals surface area contributed by atoms with Crippen molar-refractivity contribution in [2.45, 2.75) is 39.3 Å². The fraction of sp³-hybridized carbons (Fsp3) is 0.900. The number of hydrogen-bond donors (Lipinski definition) is 2. The van der Waals surface area contributed by atoms with Gasteiger partial charge >= 0.3 is 0 Å². The Kier molecular flexibility index (Phi) is 3.93. The SMILES string of the molecule is CC(C)N=C(NN)N1CCOCC1(C)C. The summed E-state index contributed by atoms with van der Waals surface area (Å²) in [4.78, 5) is 6.63. The van der Waals surface area contributed by atoms with Crippen LogP contribution in [0, 0.1) is 0 Å². The zero-order chi connectivity index (χ0) is 11.5. The Balaban J connectivity index is 2.82. The molecule has 0 aromatic carbocycles. The van der Waals surface area contributed by atoms with Crippen LogP contribution in [0.15, 0.2) is 4.99 Å². The molecule has 88 valence electrons. The van der Waals surface area contributed by atoms with Crippen molar-refractivity contribution in [1.29, 1.82) is 0 Å². The van der Waals surface area contributed by atoms with E-state index in [-0.39, 0.29) is 11.6 Å². The Morgan fingerprint density at radius 2 is 2.20 bits per heavy atom. The monoisotopic (exact) mass is 214 g/mol. The molecule has 0 spiro atoms. The van der Waals surface area contributed by atoms with Gasteiger partial charge in [-0.15, -0.1) is 0 Å². The lowest BCUT2D eigenvalue weighted by Crippen LogP contribution is -2.60. The van der Waals surface area contributed by atoms with E-state index in [1.54, 1.807) is 0 Å². The van der Waals surface area contributed by atoms with Gasteiger partial charge in [0.2, 0.25) is 5.96 Å². The van der Waals surface area contributed by atoms with Crippen molar-refractivity contribution in [3.8, 4) is 0 Å². The minimum atomic E-state index is -0.0572. The first-order valence-corrected chi connectivity index (χ1v) is 5.37. The third-order valence-electron chi connectivity index (χ3n) is 2.41. The molecule has 0 aromatic heterocycles. The summed E-state index contributed by atoms with van der Waals surface area (Å²) in [7, 11) is 0. The average Bonchev–Trinajstić information content (AvgIpc) is 2.14. The van der Waals surface area contributed by atoms with E-state index in [9.17, 15) is 0 Å². The maximum atomic E-state index is 5.51. The van der Waals surface area contributed by atoms with Gasteiger partial charge in [-0.1, -0.05) is 0 Å². The highest BCUT2D eigenvalue weighted by Gasteiger charge is 2.32. The number of hydrazine groups is 1. The fourth-order valence-corrected chi connectivity index (χ4v) is 1.68. The molecule has 0 amide bonds. The highest BCUT2D eigenvalue weighted by molar-refractivity contribution is 5.80. The zero-order valence-corrected chi connectivity index (χ0v) is 10.1. The first-order valence-electron chi connectivity index (χ1n) is 5.37. The van der Waals surface area contributed by atoms with Crippen LogP contribution in [0.2, 0.25) is 0 Å². The molecule has 5 nitrogen and oxygen atoms in total. The van der Waals surface area contributed by atoms with Crippen LogP contribution in [0.25, 0.3) is 0 Å². The number of hydrogen-bond acceptors (Lipinski definition) is 3. The summed E-state index contributed by atoms with van der Waals surface area (Å²) in [5, 5.41) is 0. The summed E-state index contributed by atoms with van der Waals surface area (Å²) < 4.78 is 5.45. The summed E-state index contributed by atoms with van der Waals surface area (Å²) in [6, 6.07) is 0.231. The van der Waals surface area contributed by atoms with E-state index in [1.807, 2.05) is 13.8 Å². The van der Waals surface area contributed by atoms with Crippen LogP contribution >= 0.6 is 0 Å². The van der Waals surface area contributed by atoms with Gasteiger partial charge in [-0.3, -0.25) is 5.43 Å². The van der Waals surface area contributed by atoms with Crippen LogP contribution in [0.4, 0.5) is 0 Å².